The van der Waals surface area contributed by atoms with Gasteiger partial charge in [-0.25, -0.2) is 0 Å². The summed E-state index contributed by atoms with van der Waals surface area (Å²) in [5.74, 6) is 0.553. The van der Waals surface area contributed by atoms with Gasteiger partial charge in [0.15, 0.2) is 11.0 Å². The maximum absolute atomic E-state index is 11.5. The maximum Gasteiger partial charge on any atom is 0.252 e. The lowest BCUT2D eigenvalue weighted by Gasteiger charge is -2.12. The van der Waals surface area contributed by atoms with Crippen molar-refractivity contribution in [3.8, 4) is 5.75 Å². The summed E-state index contributed by atoms with van der Waals surface area (Å²) in [5, 5.41) is 10.8. The number of rotatable bonds is 4. The topological polar surface area (TPSA) is 90.1 Å². The summed E-state index contributed by atoms with van der Waals surface area (Å²) in [5.41, 5.74) is 7.65. The third kappa shape index (κ3) is 3.00. The van der Waals surface area contributed by atoms with Crippen molar-refractivity contribution < 1.29 is 9.53 Å². The number of carbonyl (C=O) groups excluding carboxylic acids is 1. The van der Waals surface area contributed by atoms with Crippen molar-refractivity contribution in [3.05, 3.63) is 44.5 Å². The van der Waals surface area contributed by atoms with E-state index in [2.05, 4.69) is 31.4 Å². The van der Waals surface area contributed by atoms with Crippen molar-refractivity contribution in [2.75, 3.05) is 11.9 Å². The molecule has 0 fully saturated rings. The maximum atomic E-state index is 11.5. The van der Waals surface area contributed by atoms with Crippen molar-refractivity contribution in [3.63, 3.8) is 0 Å². The number of aromatic nitrogens is 2. The Kier molecular flexibility index (Phi) is 4.17. The predicted molar refractivity (Wildman–Crippen MR) is 86.2 cm³/mol. The van der Waals surface area contributed by atoms with E-state index in [0.29, 0.717) is 19.0 Å². The second kappa shape index (κ2) is 6.10. The summed E-state index contributed by atoms with van der Waals surface area (Å²) in [4.78, 5) is 11.5. The second-order valence-corrected chi connectivity index (χ2v) is 6.10. The summed E-state index contributed by atoms with van der Waals surface area (Å²) in [6, 6.07) is 5.40. The van der Waals surface area contributed by atoms with Crippen LogP contribution in [0.4, 0.5) is 5.82 Å². The smallest absolute Gasteiger partial charge is 0.252 e. The molecule has 1 aromatic heterocycles. The van der Waals surface area contributed by atoms with Crippen molar-refractivity contribution >= 4 is 39.3 Å². The van der Waals surface area contributed by atoms with Crippen LogP contribution in [-0.4, -0.2) is 22.7 Å². The molecule has 0 saturated heterocycles. The number of primary amides is 1. The largest absolute Gasteiger partial charge is 0.493 e. The van der Waals surface area contributed by atoms with E-state index in [4.69, 9.17) is 22.1 Å². The molecule has 2 aromatic rings. The highest BCUT2D eigenvalue weighted by molar-refractivity contribution is 9.10. The molecular formula is C14H12BrClN4O2. The van der Waals surface area contributed by atoms with E-state index in [1.54, 1.807) is 0 Å². The number of nitrogens with zero attached hydrogens (tertiary/aromatic N) is 2. The van der Waals surface area contributed by atoms with Crippen LogP contribution in [0.2, 0.25) is 5.15 Å². The van der Waals surface area contributed by atoms with Gasteiger partial charge >= 0.3 is 0 Å². The van der Waals surface area contributed by atoms with Gasteiger partial charge in [0.2, 0.25) is 0 Å². The highest BCUT2D eigenvalue weighted by Gasteiger charge is 2.18. The molecule has 0 radical (unpaired) electrons. The van der Waals surface area contributed by atoms with Gasteiger partial charge < -0.3 is 15.8 Å². The summed E-state index contributed by atoms with van der Waals surface area (Å²) in [6.45, 7) is 1.10. The average molecular weight is 384 g/mol. The predicted octanol–water partition coefficient (Wildman–Crippen LogP) is 2.54. The molecule has 0 saturated carbocycles. The van der Waals surface area contributed by atoms with Crippen LogP contribution in [0.15, 0.2) is 22.7 Å². The van der Waals surface area contributed by atoms with Crippen molar-refractivity contribution in [1.29, 1.82) is 0 Å². The van der Waals surface area contributed by atoms with Gasteiger partial charge in [0.25, 0.3) is 5.91 Å². The first kappa shape index (κ1) is 15.1. The van der Waals surface area contributed by atoms with Crippen LogP contribution in [0.25, 0.3) is 0 Å². The Morgan fingerprint density at radius 1 is 1.41 bits per heavy atom. The molecule has 0 bridgehead atoms. The molecule has 1 amide bonds. The molecule has 8 heteroatoms. The Hall–Kier alpha value is -1.86. The minimum atomic E-state index is -0.616. The third-order valence-electron chi connectivity index (χ3n) is 3.30. The second-order valence-electron chi connectivity index (χ2n) is 4.80. The van der Waals surface area contributed by atoms with E-state index >= 15 is 0 Å². The fourth-order valence-electron chi connectivity index (χ4n) is 2.34. The molecule has 22 heavy (non-hydrogen) atoms. The number of amides is 1. The highest BCUT2D eigenvalue weighted by atomic mass is 79.9. The molecule has 1 aliphatic heterocycles. The van der Waals surface area contributed by atoms with E-state index in [-0.39, 0.29) is 10.7 Å². The number of ether oxygens (including phenoxy) is 1. The van der Waals surface area contributed by atoms with E-state index in [0.717, 1.165) is 27.8 Å². The zero-order chi connectivity index (χ0) is 15.7. The first-order valence-corrected chi connectivity index (χ1v) is 7.72. The first-order valence-electron chi connectivity index (χ1n) is 6.55. The van der Waals surface area contributed by atoms with Crippen molar-refractivity contribution in [1.82, 2.24) is 10.2 Å². The van der Waals surface area contributed by atoms with Crippen LogP contribution in [0.5, 0.6) is 5.75 Å². The van der Waals surface area contributed by atoms with Crippen LogP contribution in [0.1, 0.15) is 21.5 Å². The zero-order valence-corrected chi connectivity index (χ0v) is 13.7. The molecule has 0 atom stereocenters. The summed E-state index contributed by atoms with van der Waals surface area (Å²) < 4.78 is 6.64. The Labute approximate surface area is 140 Å². The van der Waals surface area contributed by atoms with Gasteiger partial charge in [-0.15, -0.1) is 10.2 Å². The molecule has 3 rings (SSSR count). The standard InChI is InChI=1S/C14H12BrClN4O2/c15-9-3-7-1-2-22-12(7)8(4-9)6-18-14-10(13(17)21)5-11(16)19-20-14/h3-5H,1-2,6H2,(H2,17,21)(H,18,20). The van der Waals surface area contributed by atoms with E-state index in [9.17, 15) is 4.79 Å². The van der Waals surface area contributed by atoms with Crippen LogP contribution in [-0.2, 0) is 13.0 Å². The Morgan fingerprint density at radius 3 is 3.00 bits per heavy atom. The van der Waals surface area contributed by atoms with Crippen LogP contribution >= 0.6 is 27.5 Å². The number of carbonyl (C=O) groups is 1. The molecule has 1 aliphatic rings. The number of anilines is 1. The van der Waals surface area contributed by atoms with E-state index in [1.165, 1.54) is 6.07 Å². The Balaban J connectivity index is 1.86. The zero-order valence-electron chi connectivity index (χ0n) is 11.4. The van der Waals surface area contributed by atoms with Gasteiger partial charge in [-0.3, -0.25) is 4.79 Å². The monoisotopic (exact) mass is 382 g/mol. The Morgan fingerprint density at radius 2 is 2.23 bits per heavy atom. The van der Waals surface area contributed by atoms with Gasteiger partial charge in [0, 0.05) is 23.0 Å². The van der Waals surface area contributed by atoms with Crippen molar-refractivity contribution in [2.24, 2.45) is 5.73 Å². The molecule has 2 heterocycles. The van der Waals surface area contributed by atoms with Gasteiger partial charge in [-0.05, 0) is 23.8 Å². The molecule has 114 valence electrons. The minimum absolute atomic E-state index is 0.117. The molecule has 0 unspecified atom stereocenters. The highest BCUT2D eigenvalue weighted by Crippen LogP contribution is 2.33. The molecule has 3 N–H and O–H groups in total. The lowest BCUT2D eigenvalue weighted by molar-refractivity contribution is 0.100. The van der Waals surface area contributed by atoms with Crippen LogP contribution in [0.3, 0.4) is 0 Å². The SMILES string of the molecule is NC(=O)c1cc(Cl)nnc1NCc1cc(Br)cc2c1OCC2. The summed E-state index contributed by atoms with van der Waals surface area (Å²) in [7, 11) is 0. The lowest BCUT2D eigenvalue weighted by atomic mass is 10.1. The fraction of sp³-hybridized carbons (Fsp3) is 0.214. The minimum Gasteiger partial charge on any atom is -0.493 e. The van der Waals surface area contributed by atoms with E-state index in [1.807, 2.05) is 12.1 Å². The van der Waals surface area contributed by atoms with Crippen LogP contribution < -0.4 is 15.8 Å². The number of hydrogen-bond acceptors (Lipinski definition) is 5. The van der Waals surface area contributed by atoms with Crippen molar-refractivity contribution in [2.45, 2.75) is 13.0 Å². The lowest BCUT2D eigenvalue weighted by Crippen LogP contribution is -2.16. The number of nitrogens with two attached hydrogens (primary N) is 1. The number of benzene rings is 1. The molecule has 0 aliphatic carbocycles. The normalized spacial score (nSPS) is 12.6. The Bertz CT molecular complexity index is 754. The summed E-state index contributed by atoms with van der Waals surface area (Å²) >= 11 is 9.23. The van der Waals surface area contributed by atoms with Gasteiger partial charge in [-0.1, -0.05) is 27.5 Å². The molecule has 0 spiro atoms. The number of nitrogens with one attached hydrogen (secondary N) is 1. The van der Waals surface area contributed by atoms with Gasteiger partial charge in [-0.2, -0.15) is 0 Å². The third-order valence-corrected chi connectivity index (χ3v) is 3.94. The van der Waals surface area contributed by atoms with Crippen LogP contribution in [0, 0.1) is 0 Å². The number of fused-ring (bicyclic) bond motifs is 1. The van der Waals surface area contributed by atoms with Gasteiger partial charge in [0.05, 0.1) is 12.2 Å². The average Bonchev–Trinajstić information content (AvgIpc) is 2.93. The molecular weight excluding hydrogens is 372 g/mol. The number of halogens is 2. The van der Waals surface area contributed by atoms with E-state index < -0.39 is 5.91 Å². The fourth-order valence-corrected chi connectivity index (χ4v) is 3.04. The van der Waals surface area contributed by atoms with Gasteiger partial charge in [0.1, 0.15) is 5.75 Å². The molecule has 1 aromatic carbocycles. The first-order chi connectivity index (χ1) is 10.5. The molecule has 6 nitrogen and oxygen atoms in total. The summed E-state index contributed by atoms with van der Waals surface area (Å²) in [6.07, 6.45) is 0.884. The quantitative estimate of drug-likeness (QED) is 0.847. The number of hydrogen-bond donors (Lipinski definition) is 2.